The molecule has 2 nitrogen and oxygen atoms in total. The Balaban J connectivity index is 2.34. The van der Waals surface area contributed by atoms with Crippen LogP contribution in [0.2, 0.25) is 0 Å². The third-order valence-corrected chi connectivity index (χ3v) is 3.61. The maximum absolute atomic E-state index is 10.8. The quantitative estimate of drug-likeness (QED) is 0.830. The molecule has 0 bridgehead atoms. The first-order valence-corrected chi connectivity index (χ1v) is 5.99. The van der Waals surface area contributed by atoms with Crippen molar-refractivity contribution in [1.29, 1.82) is 0 Å². The highest BCUT2D eigenvalue weighted by Gasteiger charge is 2.40. The van der Waals surface area contributed by atoms with E-state index in [4.69, 9.17) is 4.74 Å². The summed E-state index contributed by atoms with van der Waals surface area (Å²) in [5.74, 6) is 0. The van der Waals surface area contributed by atoms with Gasteiger partial charge < -0.3 is 9.84 Å². The van der Waals surface area contributed by atoms with Crippen molar-refractivity contribution in [2.75, 3.05) is 7.11 Å². The lowest BCUT2D eigenvalue weighted by Crippen LogP contribution is -2.43. The van der Waals surface area contributed by atoms with Gasteiger partial charge in [-0.15, -0.1) is 0 Å². The van der Waals surface area contributed by atoms with Crippen molar-refractivity contribution in [3.8, 4) is 0 Å². The second-order valence-electron chi connectivity index (χ2n) is 4.76. The van der Waals surface area contributed by atoms with E-state index in [0.717, 1.165) is 31.2 Å². The third-order valence-electron chi connectivity index (χ3n) is 3.61. The van der Waals surface area contributed by atoms with Gasteiger partial charge in [-0.05, 0) is 25.3 Å². The summed E-state index contributed by atoms with van der Waals surface area (Å²) in [7, 11) is 1.69. The van der Waals surface area contributed by atoms with Gasteiger partial charge in [0.1, 0.15) is 5.60 Å². The van der Waals surface area contributed by atoms with Crippen molar-refractivity contribution >= 4 is 0 Å². The lowest BCUT2D eigenvalue weighted by molar-refractivity contribution is -0.122. The lowest BCUT2D eigenvalue weighted by atomic mass is 9.77. The standard InChI is InChI=1S/C14H20O2/c1-11-6-5-7-12(10-11)14(15)9-4-3-8-13(14)16-2/h5-7,10,13,15H,3-4,8-9H2,1-2H3. The van der Waals surface area contributed by atoms with Crippen LogP contribution < -0.4 is 0 Å². The average Bonchev–Trinajstić information content (AvgIpc) is 2.30. The monoisotopic (exact) mass is 220 g/mol. The zero-order valence-electron chi connectivity index (χ0n) is 10.1. The van der Waals surface area contributed by atoms with E-state index in [1.165, 1.54) is 5.56 Å². The minimum Gasteiger partial charge on any atom is -0.382 e. The van der Waals surface area contributed by atoms with Gasteiger partial charge in [0.25, 0.3) is 0 Å². The van der Waals surface area contributed by atoms with Gasteiger partial charge in [0.2, 0.25) is 0 Å². The molecule has 1 fully saturated rings. The lowest BCUT2D eigenvalue weighted by Gasteiger charge is -2.39. The third kappa shape index (κ3) is 2.00. The van der Waals surface area contributed by atoms with E-state index in [1.807, 2.05) is 12.1 Å². The summed E-state index contributed by atoms with van der Waals surface area (Å²) in [6, 6.07) is 8.13. The molecule has 1 saturated carbocycles. The summed E-state index contributed by atoms with van der Waals surface area (Å²) >= 11 is 0. The van der Waals surface area contributed by atoms with Crippen LogP contribution in [0.25, 0.3) is 0 Å². The summed E-state index contributed by atoms with van der Waals surface area (Å²) in [6.45, 7) is 2.05. The molecule has 88 valence electrons. The molecule has 0 aromatic heterocycles. The van der Waals surface area contributed by atoms with Crippen molar-refractivity contribution in [1.82, 2.24) is 0 Å². The van der Waals surface area contributed by atoms with E-state index in [2.05, 4.69) is 19.1 Å². The van der Waals surface area contributed by atoms with Gasteiger partial charge in [0, 0.05) is 7.11 Å². The molecule has 1 aromatic carbocycles. The second kappa shape index (κ2) is 4.56. The van der Waals surface area contributed by atoms with Gasteiger partial charge in [-0.1, -0.05) is 42.7 Å². The van der Waals surface area contributed by atoms with E-state index < -0.39 is 5.60 Å². The highest BCUT2D eigenvalue weighted by molar-refractivity contribution is 5.29. The number of aryl methyl sites for hydroxylation is 1. The van der Waals surface area contributed by atoms with Crippen molar-refractivity contribution in [3.05, 3.63) is 35.4 Å². The summed E-state index contributed by atoms with van der Waals surface area (Å²) in [6.07, 6.45) is 3.90. The molecule has 0 radical (unpaired) electrons. The molecule has 0 heterocycles. The molecule has 1 N–H and O–H groups in total. The normalized spacial score (nSPS) is 30.3. The molecule has 16 heavy (non-hydrogen) atoms. The Morgan fingerprint density at radius 1 is 1.38 bits per heavy atom. The Morgan fingerprint density at radius 3 is 2.88 bits per heavy atom. The average molecular weight is 220 g/mol. The van der Waals surface area contributed by atoms with Gasteiger partial charge in [-0.3, -0.25) is 0 Å². The Bertz CT molecular complexity index is 362. The second-order valence-corrected chi connectivity index (χ2v) is 4.76. The molecule has 1 aliphatic carbocycles. The summed E-state index contributed by atoms with van der Waals surface area (Å²) < 4.78 is 5.45. The summed E-state index contributed by atoms with van der Waals surface area (Å²) in [4.78, 5) is 0. The number of methoxy groups -OCH3 is 1. The SMILES string of the molecule is COC1CCCCC1(O)c1cccc(C)c1. The Morgan fingerprint density at radius 2 is 2.19 bits per heavy atom. The molecule has 2 unspecified atom stereocenters. The maximum Gasteiger partial charge on any atom is 0.116 e. The molecular formula is C14H20O2. The first-order chi connectivity index (χ1) is 7.66. The summed E-state index contributed by atoms with van der Waals surface area (Å²) in [5, 5.41) is 10.8. The van der Waals surface area contributed by atoms with Gasteiger partial charge in [0.05, 0.1) is 6.10 Å². The minimum absolute atomic E-state index is 0.0666. The van der Waals surface area contributed by atoms with Crippen LogP contribution in [-0.4, -0.2) is 18.3 Å². The molecule has 2 atom stereocenters. The van der Waals surface area contributed by atoms with Crippen LogP contribution in [0.3, 0.4) is 0 Å². The fourth-order valence-electron chi connectivity index (χ4n) is 2.68. The van der Waals surface area contributed by atoms with E-state index in [9.17, 15) is 5.11 Å². The highest BCUT2D eigenvalue weighted by Crippen LogP contribution is 2.38. The molecular weight excluding hydrogens is 200 g/mol. The minimum atomic E-state index is -0.793. The van der Waals surface area contributed by atoms with E-state index in [0.29, 0.717) is 0 Å². The predicted molar refractivity (Wildman–Crippen MR) is 64.3 cm³/mol. The molecule has 2 rings (SSSR count). The number of benzene rings is 1. The topological polar surface area (TPSA) is 29.5 Å². The first kappa shape index (κ1) is 11.6. The molecule has 0 spiro atoms. The largest absolute Gasteiger partial charge is 0.382 e. The van der Waals surface area contributed by atoms with E-state index in [-0.39, 0.29) is 6.10 Å². The van der Waals surface area contributed by atoms with Gasteiger partial charge in [-0.2, -0.15) is 0 Å². The number of hydrogen-bond donors (Lipinski definition) is 1. The fourth-order valence-corrected chi connectivity index (χ4v) is 2.68. The molecule has 2 heteroatoms. The van der Waals surface area contributed by atoms with Crippen LogP contribution in [0.15, 0.2) is 24.3 Å². The first-order valence-electron chi connectivity index (χ1n) is 5.99. The van der Waals surface area contributed by atoms with Gasteiger partial charge in [0.15, 0.2) is 0 Å². The van der Waals surface area contributed by atoms with E-state index >= 15 is 0 Å². The van der Waals surface area contributed by atoms with Crippen LogP contribution in [0.4, 0.5) is 0 Å². The molecule has 0 aliphatic heterocycles. The van der Waals surface area contributed by atoms with Crippen molar-refractivity contribution in [2.24, 2.45) is 0 Å². The zero-order chi connectivity index (χ0) is 11.6. The Kier molecular flexibility index (Phi) is 3.31. The van der Waals surface area contributed by atoms with Crippen molar-refractivity contribution in [2.45, 2.75) is 44.3 Å². The highest BCUT2D eigenvalue weighted by atomic mass is 16.5. The van der Waals surface area contributed by atoms with Crippen molar-refractivity contribution in [3.63, 3.8) is 0 Å². The maximum atomic E-state index is 10.8. The predicted octanol–water partition coefficient (Wildman–Crippen LogP) is 2.77. The molecule has 0 amide bonds. The van der Waals surface area contributed by atoms with Crippen LogP contribution in [0.1, 0.15) is 36.8 Å². The Hall–Kier alpha value is -0.860. The molecule has 1 aliphatic rings. The number of ether oxygens (including phenoxy) is 1. The van der Waals surface area contributed by atoms with E-state index in [1.54, 1.807) is 7.11 Å². The molecule has 1 aromatic rings. The summed E-state index contributed by atoms with van der Waals surface area (Å²) in [5.41, 5.74) is 1.39. The smallest absolute Gasteiger partial charge is 0.116 e. The number of aliphatic hydroxyl groups is 1. The van der Waals surface area contributed by atoms with Crippen LogP contribution in [-0.2, 0) is 10.3 Å². The molecule has 0 saturated heterocycles. The van der Waals surface area contributed by atoms with Crippen LogP contribution in [0.5, 0.6) is 0 Å². The van der Waals surface area contributed by atoms with Crippen molar-refractivity contribution < 1.29 is 9.84 Å². The van der Waals surface area contributed by atoms with Crippen LogP contribution >= 0.6 is 0 Å². The zero-order valence-corrected chi connectivity index (χ0v) is 10.1. The van der Waals surface area contributed by atoms with Crippen LogP contribution in [0, 0.1) is 6.92 Å². The fraction of sp³-hybridized carbons (Fsp3) is 0.571. The Labute approximate surface area is 97.3 Å². The van der Waals surface area contributed by atoms with Gasteiger partial charge in [-0.25, -0.2) is 0 Å². The van der Waals surface area contributed by atoms with Gasteiger partial charge >= 0.3 is 0 Å². The number of hydrogen-bond acceptors (Lipinski definition) is 2. The number of rotatable bonds is 2.